The number of rotatable bonds is 1. The number of β-amino-alcohol motifs (C(OH)–C–C–N with tert-alkyl or cyclic N) is 1. The molecule has 2 N–H and O–H groups in total. The van der Waals surface area contributed by atoms with Crippen LogP contribution in [0.15, 0.2) is 0 Å². The van der Waals surface area contributed by atoms with Crippen LogP contribution in [0.1, 0.15) is 32.1 Å². The Hall–Kier alpha value is 0.230. The Morgan fingerprint density at radius 1 is 1.24 bits per heavy atom. The number of nitrogens with one attached hydrogen (secondary N) is 1. The molecular weight excluding hydrogens is 234 g/mol. The van der Waals surface area contributed by atoms with Crippen molar-refractivity contribution in [2.75, 3.05) is 31.2 Å². The van der Waals surface area contributed by atoms with Crippen LogP contribution in [0.25, 0.3) is 0 Å². The number of hydrogen-bond acceptors (Lipinski definition) is 4. The molecule has 0 bridgehead atoms. The summed E-state index contributed by atoms with van der Waals surface area (Å²) in [7, 11) is 0. The van der Waals surface area contributed by atoms with Crippen molar-refractivity contribution in [2.45, 2.75) is 43.3 Å². The summed E-state index contributed by atoms with van der Waals surface area (Å²) in [5.74, 6) is 2.89. The molecule has 3 saturated heterocycles. The van der Waals surface area contributed by atoms with Gasteiger partial charge in [-0.15, -0.1) is 0 Å². The van der Waals surface area contributed by atoms with E-state index in [0.29, 0.717) is 5.92 Å². The summed E-state index contributed by atoms with van der Waals surface area (Å²) in [6.07, 6.45) is 5.39. The van der Waals surface area contributed by atoms with Crippen molar-refractivity contribution < 1.29 is 9.84 Å². The second-order valence-electron chi connectivity index (χ2n) is 5.86. The van der Waals surface area contributed by atoms with Crippen LogP contribution < -0.4 is 5.32 Å². The molecule has 0 aromatic heterocycles. The first-order valence-corrected chi connectivity index (χ1v) is 8.03. The molecule has 3 aliphatic rings. The van der Waals surface area contributed by atoms with Crippen molar-refractivity contribution in [3.8, 4) is 0 Å². The molecule has 3 fully saturated rings. The molecule has 2 atom stereocenters. The Morgan fingerprint density at radius 2 is 2.06 bits per heavy atom. The van der Waals surface area contributed by atoms with E-state index in [9.17, 15) is 5.11 Å². The predicted molar refractivity (Wildman–Crippen MR) is 70.4 cm³/mol. The Labute approximate surface area is 108 Å². The van der Waals surface area contributed by atoms with Crippen LogP contribution in [-0.4, -0.2) is 47.5 Å². The Morgan fingerprint density at radius 3 is 2.76 bits per heavy atom. The van der Waals surface area contributed by atoms with Gasteiger partial charge in [0.2, 0.25) is 0 Å². The molecule has 3 aliphatic heterocycles. The molecule has 1 spiro atoms. The van der Waals surface area contributed by atoms with Gasteiger partial charge >= 0.3 is 0 Å². The summed E-state index contributed by atoms with van der Waals surface area (Å²) in [6.45, 7) is 2.59. The maximum Gasteiger partial charge on any atom is 0.0813 e. The van der Waals surface area contributed by atoms with Crippen LogP contribution in [0, 0.1) is 5.92 Å². The SMILES string of the molecule is OC1(C2CCOC3(CCSCC3)C2)CCNC1. The highest BCUT2D eigenvalue weighted by Gasteiger charge is 2.47. The molecule has 0 aromatic carbocycles. The zero-order valence-corrected chi connectivity index (χ0v) is 11.2. The lowest BCUT2D eigenvalue weighted by molar-refractivity contribution is -0.141. The number of aliphatic hydroxyl groups is 1. The van der Waals surface area contributed by atoms with E-state index in [4.69, 9.17) is 4.74 Å². The molecule has 3 nitrogen and oxygen atoms in total. The third-order valence-corrected chi connectivity index (χ3v) is 5.81. The molecular formula is C13H23NO2S. The minimum absolute atomic E-state index is 0.104. The van der Waals surface area contributed by atoms with Gasteiger partial charge in [-0.25, -0.2) is 0 Å². The van der Waals surface area contributed by atoms with E-state index >= 15 is 0 Å². The van der Waals surface area contributed by atoms with E-state index in [0.717, 1.165) is 39.0 Å². The average Bonchev–Trinajstić information content (AvgIpc) is 2.79. The van der Waals surface area contributed by atoms with Crippen molar-refractivity contribution in [2.24, 2.45) is 5.92 Å². The van der Waals surface area contributed by atoms with Crippen molar-refractivity contribution in [3.05, 3.63) is 0 Å². The molecule has 0 aliphatic carbocycles. The Kier molecular flexibility index (Phi) is 3.41. The van der Waals surface area contributed by atoms with Gasteiger partial charge in [-0.3, -0.25) is 0 Å². The van der Waals surface area contributed by atoms with Gasteiger partial charge in [0.15, 0.2) is 0 Å². The lowest BCUT2D eigenvalue weighted by Gasteiger charge is -2.47. The van der Waals surface area contributed by atoms with Crippen molar-refractivity contribution in [1.82, 2.24) is 5.32 Å². The smallest absolute Gasteiger partial charge is 0.0813 e. The molecule has 2 unspecified atom stereocenters. The van der Waals surface area contributed by atoms with E-state index < -0.39 is 5.60 Å². The summed E-state index contributed by atoms with van der Waals surface area (Å²) >= 11 is 2.04. The van der Waals surface area contributed by atoms with E-state index in [1.54, 1.807) is 0 Å². The second-order valence-corrected chi connectivity index (χ2v) is 7.09. The first-order chi connectivity index (χ1) is 8.23. The highest BCUT2D eigenvalue weighted by atomic mass is 32.2. The summed E-state index contributed by atoms with van der Waals surface area (Å²) in [5.41, 5.74) is -0.353. The topological polar surface area (TPSA) is 41.5 Å². The van der Waals surface area contributed by atoms with Crippen LogP contribution in [-0.2, 0) is 4.74 Å². The molecule has 4 heteroatoms. The van der Waals surface area contributed by atoms with E-state index in [1.807, 2.05) is 11.8 Å². The summed E-state index contributed by atoms with van der Waals surface area (Å²) in [5, 5.41) is 14.0. The zero-order valence-electron chi connectivity index (χ0n) is 10.4. The Balaban J connectivity index is 1.70. The summed E-state index contributed by atoms with van der Waals surface area (Å²) in [6, 6.07) is 0. The fraction of sp³-hybridized carbons (Fsp3) is 1.00. The van der Waals surface area contributed by atoms with E-state index in [2.05, 4.69) is 5.32 Å². The lowest BCUT2D eigenvalue weighted by Crippen LogP contribution is -2.50. The number of hydrogen-bond donors (Lipinski definition) is 2. The normalized spacial score (nSPS) is 41.8. The van der Waals surface area contributed by atoms with E-state index in [-0.39, 0.29) is 5.60 Å². The second kappa shape index (κ2) is 4.72. The molecule has 3 heterocycles. The van der Waals surface area contributed by atoms with Gasteiger partial charge in [0.1, 0.15) is 0 Å². The predicted octanol–water partition coefficient (Wildman–Crippen LogP) is 1.40. The monoisotopic (exact) mass is 257 g/mol. The quantitative estimate of drug-likeness (QED) is 0.745. The largest absolute Gasteiger partial charge is 0.388 e. The van der Waals surface area contributed by atoms with Crippen LogP contribution in [0.5, 0.6) is 0 Å². The molecule has 0 saturated carbocycles. The van der Waals surface area contributed by atoms with Crippen LogP contribution >= 0.6 is 11.8 Å². The summed E-state index contributed by atoms with van der Waals surface area (Å²) < 4.78 is 6.10. The van der Waals surface area contributed by atoms with Gasteiger partial charge in [-0.1, -0.05) is 0 Å². The molecule has 0 amide bonds. The Bertz CT molecular complexity index is 267. The summed E-state index contributed by atoms with van der Waals surface area (Å²) in [4.78, 5) is 0. The number of thioether (sulfide) groups is 1. The van der Waals surface area contributed by atoms with Crippen molar-refractivity contribution >= 4 is 11.8 Å². The maximum atomic E-state index is 10.7. The lowest BCUT2D eigenvalue weighted by atomic mass is 9.73. The van der Waals surface area contributed by atoms with Gasteiger partial charge < -0.3 is 15.2 Å². The first kappa shape index (κ1) is 12.3. The fourth-order valence-electron chi connectivity index (χ4n) is 3.62. The van der Waals surface area contributed by atoms with Crippen LogP contribution in [0.2, 0.25) is 0 Å². The average molecular weight is 257 g/mol. The van der Waals surface area contributed by atoms with Gasteiger partial charge in [-0.05, 0) is 56.1 Å². The van der Waals surface area contributed by atoms with Gasteiger partial charge in [0.25, 0.3) is 0 Å². The molecule has 0 radical (unpaired) electrons. The maximum absolute atomic E-state index is 10.7. The minimum Gasteiger partial charge on any atom is -0.388 e. The van der Waals surface area contributed by atoms with Gasteiger partial charge in [0, 0.05) is 13.2 Å². The standard InChI is InChI=1S/C13H23NO2S/c15-13(2-5-14-10-13)11-1-6-16-12(9-11)3-7-17-8-4-12/h11,14-15H,1-10H2. The third-order valence-electron chi connectivity index (χ3n) is 4.82. The first-order valence-electron chi connectivity index (χ1n) is 6.87. The molecule has 0 aromatic rings. The molecule has 98 valence electrons. The molecule has 17 heavy (non-hydrogen) atoms. The zero-order chi connectivity index (χ0) is 11.8. The highest BCUT2D eigenvalue weighted by molar-refractivity contribution is 7.99. The fourth-order valence-corrected chi connectivity index (χ4v) is 4.86. The van der Waals surface area contributed by atoms with Gasteiger partial charge in [0.05, 0.1) is 11.2 Å². The minimum atomic E-state index is -0.457. The molecule has 3 rings (SSSR count). The van der Waals surface area contributed by atoms with E-state index in [1.165, 1.54) is 24.3 Å². The van der Waals surface area contributed by atoms with Crippen molar-refractivity contribution in [1.29, 1.82) is 0 Å². The van der Waals surface area contributed by atoms with Crippen molar-refractivity contribution in [3.63, 3.8) is 0 Å². The van der Waals surface area contributed by atoms with Crippen LogP contribution in [0.3, 0.4) is 0 Å². The third kappa shape index (κ3) is 2.37. The van der Waals surface area contributed by atoms with Crippen LogP contribution in [0.4, 0.5) is 0 Å². The highest BCUT2D eigenvalue weighted by Crippen LogP contribution is 2.44. The van der Waals surface area contributed by atoms with Gasteiger partial charge in [-0.2, -0.15) is 11.8 Å². The number of ether oxygens (including phenoxy) is 1.